The van der Waals surface area contributed by atoms with Gasteiger partial charge in [-0.3, -0.25) is 0 Å². The topological polar surface area (TPSA) is 27.3 Å². The molecule has 78 valence electrons. The van der Waals surface area contributed by atoms with Crippen molar-refractivity contribution in [2.45, 2.75) is 31.8 Å². The van der Waals surface area contributed by atoms with Crippen LogP contribution in [0.25, 0.3) is 0 Å². The maximum Gasteiger partial charge on any atom is 0.0186 e. The molecule has 1 fully saturated rings. The van der Waals surface area contributed by atoms with Gasteiger partial charge in [-0.1, -0.05) is 0 Å². The Bertz CT molecular complexity index is 130. The van der Waals surface area contributed by atoms with E-state index in [-0.39, 0.29) is 0 Å². The molecule has 1 atom stereocenters. The van der Waals surface area contributed by atoms with Crippen molar-refractivity contribution in [3.63, 3.8) is 0 Å². The lowest BCUT2D eigenvalue weighted by molar-refractivity contribution is 0.280. The normalized spacial score (nSPS) is 22.2. The minimum Gasteiger partial charge on any atom is -0.317 e. The van der Waals surface area contributed by atoms with Crippen LogP contribution in [-0.2, 0) is 0 Å². The summed E-state index contributed by atoms with van der Waals surface area (Å²) in [7, 11) is 4.27. The van der Waals surface area contributed by atoms with E-state index in [0.717, 1.165) is 12.6 Å². The lowest BCUT2D eigenvalue weighted by Gasteiger charge is -2.27. The van der Waals surface area contributed by atoms with E-state index < -0.39 is 0 Å². The van der Waals surface area contributed by atoms with Crippen molar-refractivity contribution in [2.75, 3.05) is 33.7 Å². The Morgan fingerprint density at radius 2 is 2.00 bits per heavy atom. The molecule has 3 heteroatoms. The molecule has 1 unspecified atom stereocenters. The summed E-state index contributed by atoms with van der Waals surface area (Å²) in [4.78, 5) is 2.26. The highest BCUT2D eigenvalue weighted by Gasteiger charge is 2.13. The molecule has 0 spiro atoms. The van der Waals surface area contributed by atoms with Crippen molar-refractivity contribution < 1.29 is 0 Å². The van der Waals surface area contributed by atoms with Crippen molar-refractivity contribution in [1.82, 2.24) is 15.5 Å². The number of rotatable bonds is 4. The minimum absolute atomic E-state index is 0.634. The standard InChI is InChI=1S/C10H23N3/c1-9(13(2)3)8-12-10-4-6-11-7-5-10/h9-12H,4-8H2,1-3H3. The molecule has 1 rings (SSSR count). The average Bonchev–Trinajstić information content (AvgIpc) is 2.15. The van der Waals surface area contributed by atoms with Gasteiger partial charge in [0.25, 0.3) is 0 Å². The third-order valence-corrected chi connectivity index (χ3v) is 2.92. The number of piperidine rings is 1. The average molecular weight is 185 g/mol. The highest BCUT2D eigenvalue weighted by atomic mass is 15.1. The van der Waals surface area contributed by atoms with Crippen LogP contribution in [0.2, 0.25) is 0 Å². The molecule has 0 radical (unpaired) electrons. The summed E-state index contributed by atoms with van der Waals surface area (Å²) in [5.41, 5.74) is 0. The molecule has 1 aliphatic heterocycles. The zero-order valence-electron chi connectivity index (χ0n) is 9.14. The molecule has 0 amide bonds. The zero-order chi connectivity index (χ0) is 9.68. The monoisotopic (exact) mass is 185 g/mol. The lowest BCUT2D eigenvalue weighted by atomic mass is 10.1. The van der Waals surface area contributed by atoms with Gasteiger partial charge < -0.3 is 15.5 Å². The quantitative estimate of drug-likeness (QED) is 0.659. The molecule has 2 N–H and O–H groups in total. The van der Waals surface area contributed by atoms with Gasteiger partial charge in [0.1, 0.15) is 0 Å². The first-order valence-electron chi connectivity index (χ1n) is 5.30. The molecule has 1 heterocycles. The summed E-state index contributed by atoms with van der Waals surface area (Å²) in [5.74, 6) is 0. The molecule has 0 aromatic heterocycles. The maximum absolute atomic E-state index is 3.62. The Kier molecular flexibility index (Phi) is 4.70. The Balaban J connectivity index is 2.10. The summed E-state index contributed by atoms with van der Waals surface area (Å²) in [5, 5.41) is 7.00. The maximum atomic E-state index is 3.62. The number of hydrogen-bond donors (Lipinski definition) is 2. The van der Waals surface area contributed by atoms with Crippen LogP contribution < -0.4 is 10.6 Å². The summed E-state index contributed by atoms with van der Waals surface area (Å²) in [6.45, 7) is 5.72. The molecule has 0 aliphatic carbocycles. The molecule has 1 aliphatic rings. The van der Waals surface area contributed by atoms with Crippen molar-refractivity contribution in [3.8, 4) is 0 Å². The summed E-state index contributed by atoms with van der Waals surface area (Å²) >= 11 is 0. The number of likely N-dealkylation sites (N-methyl/N-ethyl adjacent to an activating group) is 1. The highest BCUT2D eigenvalue weighted by molar-refractivity contribution is 4.76. The zero-order valence-corrected chi connectivity index (χ0v) is 9.14. The van der Waals surface area contributed by atoms with Crippen LogP contribution in [-0.4, -0.2) is 50.7 Å². The van der Waals surface area contributed by atoms with Crippen LogP contribution in [0.4, 0.5) is 0 Å². The fourth-order valence-corrected chi connectivity index (χ4v) is 1.55. The second-order valence-electron chi connectivity index (χ2n) is 4.25. The van der Waals surface area contributed by atoms with Crippen molar-refractivity contribution in [1.29, 1.82) is 0 Å². The lowest BCUT2D eigenvalue weighted by Crippen LogP contribution is -2.44. The third-order valence-electron chi connectivity index (χ3n) is 2.92. The minimum atomic E-state index is 0.634. The highest BCUT2D eigenvalue weighted by Crippen LogP contribution is 2.02. The molecule has 0 saturated carbocycles. The van der Waals surface area contributed by atoms with Crippen LogP contribution >= 0.6 is 0 Å². The van der Waals surface area contributed by atoms with Gasteiger partial charge in [-0.05, 0) is 47.0 Å². The van der Waals surface area contributed by atoms with Gasteiger partial charge in [0.15, 0.2) is 0 Å². The van der Waals surface area contributed by atoms with E-state index >= 15 is 0 Å². The van der Waals surface area contributed by atoms with Crippen LogP contribution in [0.3, 0.4) is 0 Å². The largest absolute Gasteiger partial charge is 0.317 e. The van der Waals surface area contributed by atoms with Gasteiger partial charge in [-0.2, -0.15) is 0 Å². The molecule has 3 nitrogen and oxygen atoms in total. The van der Waals surface area contributed by atoms with E-state index in [1.54, 1.807) is 0 Å². The second kappa shape index (κ2) is 5.58. The van der Waals surface area contributed by atoms with Crippen molar-refractivity contribution in [3.05, 3.63) is 0 Å². The van der Waals surface area contributed by atoms with E-state index in [9.17, 15) is 0 Å². The molecule has 0 aromatic rings. The predicted molar refractivity (Wildman–Crippen MR) is 57.0 cm³/mol. The van der Waals surface area contributed by atoms with E-state index in [1.165, 1.54) is 25.9 Å². The van der Waals surface area contributed by atoms with E-state index in [1.807, 2.05) is 0 Å². The molecule has 0 aromatic carbocycles. The summed E-state index contributed by atoms with van der Waals surface area (Å²) in [6.07, 6.45) is 2.56. The van der Waals surface area contributed by atoms with Crippen molar-refractivity contribution >= 4 is 0 Å². The Hall–Kier alpha value is -0.120. The molecule has 0 bridgehead atoms. The fraction of sp³-hybridized carbons (Fsp3) is 1.00. The molecular formula is C10H23N3. The summed E-state index contributed by atoms with van der Waals surface area (Å²) in [6, 6.07) is 1.37. The first kappa shape index (κ1) is 11.0. The smallest absolute Gasteiger partial charge is 0.0186 e. The van der Waals surface area contributed by atoms with Crippen LogP contribution in [0.5, 0.6) is 0 Å². The van der Waals surface area contributed by atoms with Gasteiger partial charge in [-0.15, -0.1) is 0 Å². The molecular weight excluding hydrogens is 162 g/mol. The summed E-state index contributed by atoms with van der Waals surface area (Å²) < 4.78 is 0. The van der Waals surface area contributed by atoms with Gasteiger partial charge >= 0.3 is 0 Å². The van der Waals surface area contributed by atoms with Gasteiger partial charge in [0.2, 0.25) is 0 Å². The van der Waals surface area contributed by atoms with E-state index in [0.29, 0.717) is 6.04 Å². The SMILES string of the molecule is CC(CNC1CCNCC1)N(C)C. The molecule has 1 saturated heterocycles. The van der Waals surface area contributed by atoms with E-state index in [2.05, 4.69) is 36.6 Å². The number of nitrogens with zero attached hydrogens (tertiary/aromatic N) is 1. The first-order chi connectivity index (χ1) is 6.20. The number of hydrogen-bond acceptors (Lipinski definition) is 3. The predicted octanol–water partition coefficient (Wildman–Crippen LogP) is 0.278. The van der Waals surface area contributed by atoms with Gasteiger partial charge in [-0.25, -0.2) is 0 Å². The van der Waals surface area contributed by atoms with Gasteiger partial charge in [0.05, 0.1) is 0 Å². The van der Waals surface area contributed by atoms with E-state index in [4.69, 9.17) is 0 Å². The second-order valence-corrected chi connectivity index (χ2v) is 4.25. The Morgan fingerprint density at radius 1 is 1.38 bits per heavy atom. The van der Waals surface area contributed by atoms with Crippen molar-refractivity contribution in [2.24, 2.45) is 0 Å². The third kappa shape index (κ3) is 4.07. The molecule has 13 heavy (non-hydrogen) atoms. The van der Waals surface area contributed by atoms with Crippen LogP contribution in [0, 0.1) is 0 Å². The Morgan fingerprint density at radius 3 is 2.54 bits per heavy atom. The van der Waals surface area contributed by atoms with Crippen LogP contribution in [0.1, 0.15) is 19.8 Å². The fourth-order valence-electron chi connectivity index (χ4n) is 1.55. The van der Waals surface area contributed by atoms with Gasteiger partial charge in [0, 0.05) is 18.6 Å². The Labute approximate surface area is 81.9 Å². The van der Waals surface area contributed by atoms with Crippen LogP contribution in [0.15, 0.2) is 0 Å². The first-order valence-corrected chi connectivity index (χ1v) is 5.30. The number of nitrogens with one attached hydrogen (secondary N) is 2.